The third kappa shape index (κ3) is 2.77. The van der Waals surface area contributed by atoms with Crippen molar-refractivity contribution in [3.8, 4) is 0 Å². The van der Waals surface area contributed by atoms with Crippen molar-refractivity contribution in [1.29, 1.82) is 0 Å². The summed E-state index contributed by atoms with van der Waals surface area (Å²) in [5.41, 5.74) is 0.823. The van der Waals surface area contributed by atoms with Gasteiger partial charge in [-0.2, -0.15) is 0 Å². The number of morpholine rings is 1. The minimum absolute atomic E-state index is 0.0560. The number of hydrogen-bond acceptors (Lipinski definition) is 2. The fourth-order valence-electron chi connectivity index (χ4n) is 2.11. The molecule has 4 heteroatoms. The Morgan fingerprint density at radius 2 is 1.82 bits per heavy atom. The predicted molar refractivity (Wildman–Crippen MR) is 67.0 cm³/mol. The fourth-order valence-corrected chi connectivity index (χ4v) is 2.11. The van der Waals surface area contributed by atoms with Gasteiger partial charge in [-0.3, -0.25) is 0 Å². The van der Waals surface area contributed by atoms with E-state index in [0.29, 0.717) is 13.2 Å². The van der Waals surface area contributed by atoms with E-state index in [0.717, 1.165) is 5.69 Å². The van der Waals surface area contributed by atoms with Crippen LogP contribution < -0.4 is 5.32 Å². The molecule has 1 fully saturated rings. The number of benzene rings is 1. The van der Waals surface area contributed by atoms with Gasteiger partial charge in [0.25, 0.3) is 0 Å². The highest BCUT2D eigenvalue weighted by Gasteiger charge is 2.29. The average molecular weight is 234 g/mol. The molecule has 1 aromatic carbocycles. The molecule has 2 amide bonds. The highest BCUT2D eigenvalue weighted by molar-refractivity contribution is 5.89. The van der Waals surface area contributed by atoms with Crippen LogP contribution in [0, 0.1) is 0 Å². The number of urea groups is 1. The first-order valence-electron chi connectivity index (χ1n) is 5.90. The summed E-state index contributed by atoms with van der Waals surface area (Å²) >= 11 is 0. The summed E-state index contributed by atoms with van der Waals surface area (Å²) in [5.74, 6) is 0. The summed E-state index contributed by atoms with van der Waals surface area (Å²) in [5, 5.41) is 2.90. The van der Waals surface area contributed by atoms with Crippen molar-refractivity contribution in [2.75, 3.05) is 18.5 Å². The van der Waals surface area contributed by atoms with Crippen LogP contribution in [0.4, 0.5) is 10.5 Å². The Labute approximate surface area is 102 Å². The zero-order valence-corrected chi connectivity index (χ0v) is 10.2. The number of ether oxygens (including phenoxy) is 1. The molecule has 1 N–H and O–H groups in total. The second-order valence-electron chi connectivity index (χ2n) is 4.44. The number of amides is 2. The minimum Gasteiger partial charge on any atom is -0.377 e. The molecule has 4 nitrogen and oxygen atoms in total. The van der Waals surface area contributed by atoms with Crippen LogP contribution >= 0.6 is 0 Å². The van der Waals surface area contributed by atoms with Gasteiger partial charge in [-0.1, -0.05) is 18.2 Å². The number of carbonyl (C=O) groups excluding carboxylic acids is 1. The van der Waals surface area contributed by atoms with Crippen LogP contribution in [-0.4, -0.2) is 36.2 Å². The van der Waals surface area contributed by atoms with Crippen molar-refractivity contribution in [2.45, 2.75) is 25.9 Å². The molecule has 1 heterocycles. The van der Waals surface area contributed by atoms with E-state index in [1.54, 1.807) is 0 Å². The molecule has 92 valence electrons. The molecular formula is C13H18N2O2. The maximum absolute atomic E-state index is 12.1. The van der Waals surface area contributed by atoms with Crippen molar-refractivity contribution >= 4 is 11.7 Å². The molecule has 0 bridgehead atoms. The van der Waals surface area contributed by atoms with Crippen molar-refractivity contribution in [3.05, 3.63) is 30.3 Å². The molecule has 0 aliphatic carbocycles. The number of nitrogens with one attached hydrogen (secondary N) is 1. The first kappa shape index (κ1) is 11.9. The van der Waals surface area contributed by atoms with E-state index in [4.69, 9.17) is 4.74 Å². The van der Waals surface area contributed by atoms with Gasteiger partial charge >= 0.3 is 6.03 Å². The molecule has 1 aromatic rings. The van der Waals surface area contributed by atoms with E-state index in [9.17, 15) is 4.79 Å². The van der Waals surface area contributed by atoms with Crippen molar-refractivity contribution in [2.24, 2.45) is 0 Å². The Balaban J connectivity index is 2.04. The summed E-state index contributed by atoms with van der Waals surface area (Å²) in [6, 6.07) is 9.67. The number of hydrogen-bond donors (Lipinski definition) is 1. The lowest BCUT2D eigenvalue weighted by Gasteiger charge is -2.38. The van der Waals surface area contributed by atoms with E-state index in [-0.39, 0.29) is 18.1 Å². The van der Waals surface area contributed by atoms with Crippen LogP contribution in [0.2, 0.25) is 0 Å². The van der Waals surface area contributed by atoms with Gasteiger partial charge in [-0.25, -0.2) is 4.79 Å². The molecule has 1 aliphatic rings. The fraction of sp³-hybridized carbons (Fsp3) is 0.462. The maximum atomic E-state index is 12.1. The Morgan fingerprint density at radius 1 is 1.24 bits per heavy atom. The third-order valence-corrected chi connectivity index (χ3v) is 2.93. The van der Waals surface area contributed by atoms with E-state index in [2.05, 4.69) is 5.32 Å². The van der Waals surface area contributed by atoms with Gasteiger partial charge in [0.2, 0.25) is 0 Å². The third-order valence-electron chi connectivity index (χ3n) is 2.93. The number of nitrogens with zero attached hydrogens (tertiary/aromatic N) is 1. The largest absolute Gasteiger partial charge is 0.377 e. The number of rotatable bonds is 1. The summed E-state index contributed by atoms with van der Waals surface area (Å²) in [6.45, 7) is 5.21. The minimum atomic E-state index is -0.0560. The van der Waals surface area contributed by atoms with Crippen molar-refractivity contribution in [3.63, 3.8) is 0 Å². The molecule has 0 spiro atoms. The van der Waals surface area contributed by atoms with E-state index in [1.807, 2.05) is 49.1 Å². The SMILES string of the molecule is CC1COCC(C)N1C(=O)Nc1ccccc1. The Kier molecular flexibility index (Phi) is 3.64. The molecule has 17 heavy (non-hydrogen) atoms. The zero-order chi connectivity index (χ0) is 12.3. The molecule has 0 aromatic heterocycles. The van der Waals surface area contributed by atoms with Crippen LogP contribution in [0.5, 0.6) is 0 Å². The van der Waals surface area contributed by atoms with E-state index >= 15 is 0 Å². The highest BCUT2D eigenvalue weighted by atomic mass is 16.5. The standard InChI is InChI=1S/C13H18N2O2/c1-10-8-17-9-11(2)15(10)13(16)14-12-6-4-3-5-7-12/h3-7,10-11H,8-9H2,1-2H3,(H,14,16). The summed E-state index contributed by atoms with van der Waals surface area (Å²) in [7, 11) is 0. The van der Waals surface area contributed by atoms with Crippen LogP contribution in [-0.2, 0) is 4.74 Å². The van der Waals surface area contributed by atoms with Gasteiger partial charge < -0.3 is 15.0 Å². The monoisotopic (exact) mass is 234 g/mol. The summed E-state index contributed by atoms with van der Waals surface area (Å²) in [6.07, 6.45) is 0. The van der Waals surface area contributed by atoms with Crippen LogP contribution in [0.1, 0.15) is 13.8 Å². The molecule has 1 aliphatic heterocycles. The van der Waals surface area contributed by atoms with E-state index < -0.39 is 0 Å². The number of anilines is 1. The topological polar surface area (TPSA) is 41.6 Å². The Bertz CT molecular complexity index is 370. The number of carbonyl (C=O) groups is 1. The van der Waals surface area contributed by atoms with E-state index in [1.165, 1.54) is 0 Å². The normalized spacial score (nSPS) is 24.5. The Morgan fingerprint density at radius 3 is 2.41 bits per heavy atom. The van der Waals surface area contributed by atoms with Crippen molar-refractivity contribution in [1.82, 2.24) is 4.90 Å². The van der Waals surface area contributed by atoms with Gasteiger partial charge in [-0.15, -0.1) is 0 Å². The Hall–Kier alpha value is -1.55. The lowest BCUT2D eigenvalue weighted by atomic mass is 10.2. The number of para-hydroxylation sites is 1. The van der Waals surface area contributed by atoms with Crippen molar-refractivity contribution < 1.29 is 9.53 Å². The first-order valence-corrected chi connectivity index (χ1v) is 5.90. The first-order chi connectivity index (χ1) is 8.18. The lowest BCUT2D eigenvalue weighted by Crippen LogP contribution is -2.53. The van der Waals surface area contributed by atoms with Crippen LogP contribution in [0.3, 0.4) is 0 Å². The van der Waals surface area contributed by atoms with Gasteiger partial charge in [0.1, 0.15) is 0 Å². The van der Waals surface area contributed by atoms with Gasteiger partial charge in [0.05, 0.1) is 25.3 Å². The second-order valence-corrected chi connectivity index (χ2v) is 4.44. The lowest BCUT2D eigenvalue weighted by molar-refractivity contribution is -0.0111. The smallest absolute Gasteiger partial charge is 0.322 e. The van der Waals surface area contributed by atoms with Gasteiger partial charge in [0.15, 0.2) is 0 Å². The maximum Gasteiger partial charge on any atom is 0.322 e. The molecule has 2 rings (SSSR count). The summed E-state index contributed by atoms with van der Waals surface area (Å²) < 4.78 is 5.40. The highest BCUT2D eigenvalue weighted by Crippen LogP contribution is 2.15. The predicted octanol–water partition coefficient (Wildman–Crippen LogP) is 2.33. The van der Waals surface area contributed by atoms with Crippen LogP contribution in [0.25, 0.3) is 0 Å². The molecule has 1 saturated heterocycles. The average Bonchev–Trinajstić information content (AvgIpc) is 2.30. The molecule has 2 unspecified atom stereocenters. The van der Waals surface area contributed by atoms with Gasteiger partial charge in [0, 0.05) is 5.69 Å². The second kappa shape index (κ2) is 5.19. The quantitative estimate of drug-likeness (QED) is 0.810. The van der Waals surface area contributed by atoms with Crippen LogP contribution in [0.15, 0.2) is 30.3 Å². The molecular weight excluding hydrogens is 216 g/mol. The zero-order valence-electron chi connectivity index (χ0n) is 10.2. The van der Waals surface area contributed by atoms with Gasteiger partial charge in [-0.05, 0) is 26.0 Å². The molecule has 2 atom stereocenters. The summed E-state index contributed by atoms with van der Waals surface area (Å²) in [4.78, 5) is 14.0. The molecule has 0 radical (unpaired) electrons. The molecule has 0 saturated carbocycles.